The van der Waals surface area contributed by atoms with Gasteiger partial charge in [-0.1, -0.05) is 11.6 Å². The van der Waals surface area contributed by atoms with Crippen molar-refractivity contribution in [2.45, 2.75) is 0 Å². The third kappa shape index (κ3) is 1.45. The summed E-state index contributed by atoms with van der Waals surface area (Å²) in [5.74, 6) is -1.02. The van der Waals surface area contributed by atoms with Gasteiger partial charge in [-0.3, -0.25) is 10.1 Å². The van der Waals surface area contributed by atoms with Gasteiger partial charge in [0, 0.05) is 11.8 Å². The quantitative estimate of drug-likeness (QED) is 0.418. The maximum atomic E-state index is 12.8. The van der Waals surface area contributed by atoms with Crippen LogP contribution in [0.3, 0.4) is 0 Å². The van der Waals surface area contributed by atoms with Gasteiger partial charge < -0.3 is 5.73 Å². The maximum Gasteiger partial charge on any atom is 0.323 e. The average molecular weight is 191 g/mol. The van der Waals surface area contributed by atoms with Crippen molar-refractivity contribution in [2.75, 3.05) is 5.73 Å². The summed E-state index contributed by atoms with van der Waals surface area (Å²) in [7, 11) is 0. The highest BCUT2D eigenvalue weighted by Gasteiger charge is 2.19. The van der Waals surface area contributed by atoms with Gasteiger partial charge in [0.1, 0.15) is 5.02 Å². The van der Waals surface area contributed by atoms with Gasteiger partial charge in [0.25, 0.3) is 0 Å². The van der Waals surface area contributed by atoms with Crippen LogP contribution in [0.4, 0.5) is 15.8 Å². The summed E-state index contributed by atoms with van der Waals surface area (Å²) in [6, 6.07) is 1.98. The second kappa shape index (κ2) is 2.94. The minimum Gasteiger partial charge on any atom is -0.399 e. The molecule has 4 nitrogen and oxygen atoms in total. The molecule has 2 N–H and O–H groups in total. The van der Waals surface area contributed by atoms with E-state index in [9.17, 15) is 14.5 Å². The smallest absolute Gasteiger partial charge is 0.323 e. The third-order valence-corrected chi connectivity index (χ3v) is 1.51. The zero-order chi connectivity index (χ0) is 9.30. The Morgan fingerprint density at radius 3 is 2.58 bits per heavy atom. The van der Waals surface area contributed by atoms with Crippen LogP contribution in [0, 0.1) is 15.9 Å². The van der Waals surface area contributed by atoms with Gasteiger partial charge in [0.2, 0.25) is 5.82 Å². The molecule has 1 aromatic rings. The van der Waals surface area contributed by atoms with E-state index in [1.54, 1.807) is 0 Å². The van der Waals surface area contributed by atoms with E-state index in [-0.39, 0.29) is 10.7 Å². The molecule has 0 aromatic heterocycles. The second-order valence-corrected chi connectivity index (χ2v) is 2.50. The van der Waals surface area contributed by atoms with Crippen molar-refractivity contribution in [3.05, 3.63) is 33.1 Å². The number of anilines is 1. The van der Waals surface area contributed by atoms with E-state index in [2.05, 4.69) is 0 Å². The van der Waals surface area contributed by atoms with E-state index in [0.717, 1.165) is 12.1 Å². The van der Waals surface area contributed by atoms with E-state index in [1.807, 2.05) is 0 Å². The Kier molecular flexibility index (Phi) is 2.14. The van der Waals surface area contributed by atoms with Gasteiger partial charge >= 0.3 is 5.69 Å². The molecule has 0 radical (unpaired) electrons. The molecule has 1 rings (SSSR count). The largest absolute Gasteiger partial charge is 0.399 e. The lowest BCUT2D eigenvalue weighted by Crippen LogP contribution is -1.95. The predicted molar refractivity (Wildman–Crippen MR) is 42.5 cm³/mol. The molecular formula is C6H4ClFN2O2. The summed E-state index contributed by atoms with van der Waals surface area (Å²) in [5, 5.41) is 9.90. The number of nitro groups is 1. The van der Waals surface area contributed by atoms with Gasteiger partial charge in [-0.2, -0.15) is 4.39 Å². The lowest BCUT2D eigenvalue weighted by atomic mass is 10.3. The third-order valence-electron chi connectivity index (χ3n) is 1.22. The summed E-state index contributed by atoms with van der Waals surface area (Å²) in [6.45, 7) is 0. The topological polar surface area (TPSA) is 69.2 Å². The molecule has 0 bridgehead atoms. The zero-order valence-electron chi connectivity index (χ0n) is 5.75. The first-order valence-electron chi connectivity index (χ1n) is 2.91. The van der Waals surface area contributed by atoms with E-state index in [1.165, 1.54) is 0 Å². The Labute approximate surface area is 71.9 Å². The van der Waals surface area contributed by atoms with Gasteiger partial charge in [-0.25, -0.2) is 0 Å². The van der Waals surface area contributed by atoms with Crippen LogP contribution in [0.15, 0.2) is 12.1 Å². The molecule has 0 spiro atoms. The van der Waals surface area contributed by atoms with E-state index >= 15 is 0 Å². The van der Waals surface area contributed by atoms with E-state index < -0.39 is 16.4 Å². The highest BCUT2D eigenvalue weighted by atomic mass is 35.5. The highest BCUT2D eigenvalue weighted by molar-refractivity contribution is 6.32. The number of hydrogen-bond acceptors (Lipinski definition) is 3. The monoisotopic (exact) mass is 190 g/mol. The van der Waals surface area contributed by atoms with Crippen molar-refractivity contribution in [1.29, 1.82) is 0 Å². The summed E-state index contributed by atoms with van der Waals surface area (Å²) < 4.78 is 12.8. The molecule has 6 heteroatoms. The predicted octanol–water partition coefficient (Wildman–Crippen LogP) is 1.97. The van der Waals surface area contributed by atoms with Crippen LogP contribution >= 0.6 is 11.6 Å². The summed E-state index contributed by atoms with van der Waals surface area (Å²) in [6.07, 6.45) is 0. The van der Waals surface area contributed by atoms with Crippen LogP contribution in [0.2, 0.25) is 5.02 Å². The number of nitrogen functional groups attached to an aromatic ring is 1. The zero-order valence-corrected chi connectivity index (χ0v) is 6.51. The van der Waals surface area contributed by atoms with E-state index in [4.69, 9.17) is 17.3 Å². The van der Waals surface area contributed by atoms with Crippen LogP contribution in [-0.2, 0) is 0 Å². The van der Waals surface area contributed by atoms with Crippen LogP contribution in [-0.4, -0.2) is 4.92 Å². The number of rotatable bonds is 1. The SMILES string of the molecule is Nc1cc(F)c([N+](=O)[O-])c(Cl)c1. The van der Waals surface area contributed by atoms with Gasteiger partial charge in [0.15, 0.2) is 0 Å². The Morgan fingerprint density at radius 1 is 1.58 bits per heavy atom. The molecule has 0 aliphatic carbocycles. The lowest BCUT2D eigenvalue weighted by Gasteiger charge is -1.97. The van der Waals surface area contributed by atoms with Gasteiger partial charge in [-0.05, 0) is 6.07 Å². The van der Waals surface area contributed by atoms with Crippen molar-refractivity contribution in [2.24, 2.45) is 0 Å². The number of halogens is 2. The van der Waals surface area contributed by atoms with Crippen molar-refractivity contribution in [3.8, 4) is 0 Å². The van der Waals surface area contributed by atoms with Crippen molar-refractivity contribution in [1.82, 2.24) is 0 Å². The first-order chi connectivity index (χ1) is 5.52. The van der Waals surface area contributed by atoms with Crippen LogP contribution in [0.5, 0.6) is 0 Å². The Balaban J connectivity index is 3.38. The van der Waals surface area contributed by atoms with Crippen molar-refractivity contribution < 1.29 is 9.31 Å². The molecule has 0 aliphatic rings. The molecule has 0 amide bonds. The molecule has 0 saturated carbocycles. The Hall–Kier alpha value is -1.36. The first-order valence-corrected chi connectivity index (χ1v) is 3.29. The number of nitro benzene ring substituents is 1. The van der Waals surface area contributed by atoms with Crippen LogP contribution in [0.1, 0.15) is 0 Å². The lowest BCUT2D eigenvalue weighted by molar-refractivity contribution is -0.387. The molecular weight excluding hydrogens is 187 g/mol. The minimum absolute atomic E-state index is 0.0584. The Bertz CT molecular complexity index is 319. The normalized spacial score (nSPS) is 9.83. The standard InChI is InChI=1S/C6H4ClFN2O2/c7-4-1-3(9)2-5(8)6(4)10(11)12/h1-2H,9H2. The second-order valence-electron chi connectivity index (χ2n) is 2.09. The molecule has 12 heavy (non-hydrogen) atoms. The first kappa shape index (κ1) is 8.73. The summed E-state index contributed by atoms with van der Waals surface area (Å²) in [5.41, 5.74) is 4.50. The molecule has 0 aliphatic heterocycles. The summed E-state index contributed by atoms with van der Waals surface area (Å²) in [4.78, 5) is 9.30. The summed E-state index contributed by atoms with van der Waals surface area (Å²) >= 11 is 5.37. The molecule has 1 aromatic carbocycles. The number of hydrogen-bond donors (Lipinski definition) is 1. The fraction of sp³-hybridized carbons (Fsp3) is 0. The fourth-order valence-corrected chi connectivity index (χ4v) is 1.04. The molecule has 64 valence electrons. The molecule has 0 heterocycles. The molecule has 0 fully saturated rings. The molecule has 0 atom stereocenters. The number of benzene rings is 1. The average Bonchev–Trinajstić information content (AvgIpc) is 1.82. The highest BCUT2D eigenvalue weighted by Crippen LogP contribution is 2.29. The Morgan fingerprint density at radius 2 is 2.17 bits per heavy atom. The minimum atomic E-state index is -1.02. The van der Waals surface area contributed by atoms with Crippen molar-refractivity contribution >= 4 is 23.0 Å². The fourth-order valence-electron chi connectivity index (χ4n) is 0.760. The number of nitrogens with two attached hydrogens (primary N) is 1. The van der Waals surface area contributed by atoms with E-state index in [0.29, 0.717) is 0 Å². The van der Waals surface area contributed by atoms with Gasteiger partial charge in [0.05, 0.1) is 4.92 Å². The maximum absolute atomic E-state index is 12.8. The molecule has 0 unspecified atom stereocenters. The van der Waals surface area contributed by atoms with Gasteiger partial charge in [-0.15, -0.1) is 0 Å². The molecule has 0 saturated heterocycles. The number of nitrogens with zero attached hydrogens (tertiary/aromatic N) is 1. The van der Waals surface area contributed by atoms with Crippen LogP contribution in [0.25, 0.3) is 0 Å². The van der Waals surface area contributed by atoms with Crippen LogP contribution < -0.4 is 5.73 Å². The van der Waals surface area contributed by atoms with Crippen molar-refractivity contribution in [3.63, 3.8) is 0 Å².